The van der Waals surface area contributed by atoms with E-state index in [4.69, 9.17) is 4.74 Å². The lowest BCUT2D eigenvalue weighted by Crippen LogP contribution is -2.37. The summed E-state index contributed by atoms with van der Waals surface area (Å²) in [5.41, 5.74) is 1.63. The zero-order valence-electron chi connectivity index (χ0n) is 18.7. The second kappa shape index (κ2) is 9.03. The number of benzene rings is 2. The van der Waals surface area contributed by atoms with Gasteiger partial charge >= 0.3 is 6.36 Å². The number of hydrogen-bond donors (Lipinski definition) is 1. The maximum absolute atomic E-state index is 12.9. The fourth-order valence-electron chi connectivity index (χ4n) is 4.67. The molecule has 0 saturated carbocycles. The van der Waals surface area contributed by atoms with Crippen molar-refractivity contribution in [2.24, 2.45) is 11.8 Å². The van der Waals surface area contributed by atoms with Crippen LogP contribution in [0.5, 0.6) is 11.5 Å². The van der Waals surface area contributed by atoms with Crippen LogP contribution in [0.4, 0.5) is 13.2 Å². The minimum absolute atomic E-state index is 0.0133. The molecule has 3 heterocycles. The Morgan fingerprint density at radius 1 is 1.03 bits per heavy atom. The first-order chi connectivity index (χ1) is 17.2. The number of carbonyl (C=O) groups excluding carboxylic acids is 2. The minimum Gasteiger partial charge on any atom is -0.482 e. The smallest absolute Gasteiger partial charge is 0.482 e. The number of nitrogens with zero attached hydrogens (tertiary/aromatic N) is 5. The van der Waals surface area contributed by atoms with Gasteiger partial charge in [0, 0.05) is 49.6 Å². The molecule has 36 heavy (non-hydrogen) atoms. The van der Waals surface area contributed by atoms with E-state index < -0.39 is 12.1 Å². The predicted molar refractivity (Wildman–Crippen MR) is 117 cm³/mol. The predicted octanol–water partition coefficient (Wildman–Crippen LogP) is 2.34. The number of likely N-dealkylation sites (tertiary alicyclic amines) is 2. The Morgan fingerprint density at radius 3 is 2.42 bits per heavy atom. The average Bonchev–Trinajstić information content (AvgIpc) is 3.55. The molecule has 0 bridgehead atoms. The van der Waals surface area contributed by atoms with Crippen molar-refractivity contribution >= 4 is 22.8 Å². The van der Waals surface area contributed by atoms with Crippen molar-refractivity contribution in [2.75, 3.05) is 32.8 Å². The van der Waals surface area contributed by atoms with E-state index in [0.717, 1.165) is 18.2 Å². The van der Waals surface area contributed by atoms with Gasteiger partial charge in [-0.05, 0) is 30.3 Å². The Balaban J connectivity index is 1.15. The summed E-state index contributed by atoms with van der Waals surface area (Å²) in [6.07, 6.45) is -4.89. The van der Waals surface area contributed by atoms with Crippen LogP contribution in [0.3, 0.4) is 0 Å². The number of carbonyl (C=O) groups is 2. The number of H-pyrrole nitrogens is 1. The minimum atomic E-state index is -4.89. The van der Waals surface area contributed by atoms with Crippen LogP contribution in [0, 0.1) is 23.2 Å². The van der Waals surface area contributed by atoms with Crippen LogP contribution in [0.1, 0.15) is 15.9 Å². The van der Waals surface area contributed by atoms with Crippen molar-refractivity contribution in [3.63, 3.8) is 0 Å². The van der Waals surface area contributed by atoms with Gasteiger partial charge in [0.25, 0.3) is 11.8 Å². The summed E-state index contributed by atoms with van der Waals surface area (Å²) in [4.78, 5) is 29.1. The van der Waals surface area contributed by atoms with Crippen LogP contribution in [-0.4, -0.2) is 76.2 Å². The number of ether oxygens (including phenoxy) is 2. The molecule has 2 aromatic carbocycles. The Hall–Kier alpha value is -4.34. The van der Waals surface area contributed by atoms with Crippen molar-refractivity contribution < 1.29 is 32.2 Å². The number of rotatable bonds is 5. The lowest BCUT2D eigenvalue weighted by atomic mass is 10.0. The molecule has 0 aliphatic carbocycles. The van der Waals surface area contributed by atoms with E-state index in [1.165, 1.54) is 0 Å². The van der Waals surface area contributed by atoms with E-state index in [1.807, 2.05) is 0 Å². The first kappa shape index (κ1) is 23.4. The quantitative estimate of drug-likeness (QED) is 0.570. The normalized spacial score (nSPS) is 19.3. The van der Waals surface area contributed by atoms with Gasteiger partial charge in [-0.3, -0.25) is 9.59 Å². The summed E-state index contributed by atoms with van der Waals surface area (Å²) in [5, 5.41) is 19.7. The molecule has 2 amide bonds. The monoisotopic (exact) mass is 500 g/mol. The van der Waals surface area contributed by atoms with E-state index >= 15 is 0 Å². The number of hydrogen-bond acceptors (Lipinski definition) is 7. The number of aromatic amines is 1. The fraction of sp³-hybridized carbons (Fsp3) is 0.348. The van der Waals surface area contributed by atoms with Crippen LogP contribution in [0.25, 0.3) is 11.0 Å². The van der Waals surface area contributed by atoms with Crippen LogP contribution in [0.2, 0.25) is 0 Å². The molecule has 0 radical (unpaired) electrons. The highest BCUT2D eigenvalue weighted by atomic mass is 19.4. The molecule has 186 valence electrons. The molecule has 10 nitrogen and oxygen atoms in total. The molecule has 1 aromatic heterocycles. The molecule has 5 rings (SSSR count). The number of amides is 2. The van der Waals surface area contributed by atoms with E-state index in [9.17, 15) is 28.0 Å². The molecular weight excluding hydrogens is 481 g/mol. The number of aromatic nitrogens is 3. The third kappa shape index (κ3) is 4.74. The van der Waals surface area contributed by atoms with Gasteiger partial charge < -0.3 is 19.3 Å². The molecule has 3 aromatic rings. The molecule has 0 unspecified atom stereocenters. The van der Waals surface area contributed by atoms with Crippen molar-refractivity contribution in [2.45, 2.75) is 6.36 Å². The average molecular weight is 500 g/mol. The maximum Gasteiger partial charge on any atom is 0.573 e. The second-order valence-corrected chi connectivity index (χ2v) is 8.66. The third-order valence-corrected chi connectivity index (χ3v) is 6.35. The first-order valence-corrected chi connectivity index (χ1v) is 11.0. The third-order valence-electron chi connectivity index (χ3n) is 6.35. The molecule has 2 aliphatic rings. The van der Waals surface area contributed by atoms with Gasteiger partial charge in [0.2, 0.25) is 0 Å². The van der Waals surface area contributed by atoms with Crippen molar-refractivity contribution in [1.82, 2.24) is 25.2 Å². The van der Waals surface area contributed by atoms with Crippen LogP contribution in [0.15, 0.2) is 36.4 Å². The van der Waals surface area contributed by atoms with Crippen LogP contribution in [-0.2, 0) is 4.79 Å². The Morgan fingerprint density at radius 2 is 1.72 bits per heavy atom. The number of alkyl halides is 3. The molecule has 0 spiro atoms. The Kier molecular flexibility index (Phi) is 5.87. The largest absolute Gasteiger partial charge is 0.573 e. The summed E-state index contributed by atoms with van der Waals surface area (Å²) >= 11 is 0. The zero-order chi connectivity index (χ0) is 25.4. The molecule has 2 fully saturated rings. The van der Waals surface area contributed by atoms with Crippen molar-refractivity contribution in [3.05, 3.63) is 47.5 Å². The highest BCUT2D eigenvalue weighted by Crippen LogP contribution is 2.33. The standard InChI is InChI=1S/C23H19F3N6O4/c24-23(25,26)36-17-2-4-20(14(5-17)7-27)35-12-21(33)31-8-15-10-32(11-16(15)9-31)22(34)13-1-3-18-19(6-13)29-30-28-18/h1-6,15-16H,8-12H2,(H,28,29,30)/t15-,16-/m1/s1. The highest BCUT2D eigenvalue weighted by molar-refractivity contribution is 5.97. The van der Waals surface area contributed by atoms with Gasteiger partial charge in [-0.15, -0.1) is 13.2 Å². The Bertz CT molecular complexity index is 1350. The zero-order valence-corrected chi connectivity index (χ0v) is 18.7. The topological polar surface area (TPSA) is 124 Å². The lowest BCUT2D eigenvalue weighted by Gasteiger charge is -2.22. The summed E-state index contributed by atoms with van der Waals surface area (Å²) in [6.45, 7) is 1.59. The molecule has 2 saturated heterocycles. The summed E-state index contributed by atoms with van der Waals surface area (Å²) in [5.74, 6) is -0.717. The van der Waals surface area contributed by atoms with Gasteiger partial charge in [0.1, 0.15) is 28.6 Å². The second-order valence-electron chi connectivity index (χ2n) is 8.66. The summed E-state index contributed by atoms with van der Waals surface area (Å²) in [6, 6.07) is 9.96. The fourth-order valence-corrected chi connectivity index (χ4v) is 4.67. The SMILES string of the molecule is N#Cc1cc(OC(F)(F)F)ccc1OCC(=O)N1C[C@@H]2CN(C(=O)c3ccc4n[nH]nc4c3)C[C@H]2C1. The van der Waals surface area contributed by atoms with Gasteiger partial charge in [0.05, 0.1) is 5.56 Å². The number of halogens is 3. The lowest BCUT2D eigenvalue weighted by molar-refractivity contribution is -0.274. The molecule has 2 atom stereocenters. The Labute approximate surface area is 202 Å². The molecule has 2 aliphatic heterocycles. The van der Waals surface area contributed by atoms with E-state index in [0.29, 0.717) is 42.8 Å². The van der Waals surface area contributed by atoms with Crippen LogP contribution >= 0.6 is 0 Å². The van der Waals surface area contributed by atoms with Gasteiger partial charge in [-0.1, -0.05) is 0 Å². The molecule has 1 N–H and O–H groups in total. The number of nitriles is 1. The van der Waals surface area contributed by atoms with Crippen molar-refractivity contribution in [1.29, 1.82) is 5.26 Å². The van der Waals surface area contributed by atoms with Gasteiger partial charge in [-0.25, -0.2) is 0 Å². The summed E-state index contributed by atoms with van der Waals surface area (Å²) < 4.78 is 46.4. The molecule has 13 heteroatoms. The van der Waals surface area contributed by atoms with Crippen molar-refractivity contribution in [3.8, 4) is 17.6 Å². The highest BCUT2D eigenvalue weighted by Gasteiger charge is 2.43. The summed E-state index contributed by atoms with van der Waals surface area (Å²) in [7, 11) is 0. The van der Waals surface area contributed by atoms with Gasteiger partial charge in [-0.2, -0.15) is 20.7 Å². The van der Waals surface area contributed by atoms with E-state index in [-0.39, 0.29) is 41.6 Å². The first-order valence-electron chi connectivity index (χ1n) is 11.0. The number of nitrogens with one attached hydrogen (secondary N) is 1. The molecular formula is C23H19F3N6O4. The maximum atomic E-state index is 12.9. The van der Waals surface area contributed by atoms with Gasteiger partial charge in [0.15, 0.2) is 6.61 Å². The van der Waals surface area contributed by atoms with E-state index in [2.05, 4.69) is 20.1 Å². The van der Waals surface area contributed by atoms with Crippen LogP contribution < -0.4 is 9.47 Å². The van der Waals surface area contributed by atoms with E-state index in [1.54, 1.807) is 34.1 Å². The number of fused-ring (bicyclic) bond motifs is 2.